The first-order valence-corrected chi connectivity index (χ1v) is 13.5. The molecule has 0 fully saturated rings. The second-order valence-corrected chi connectivity index (χ2v) is 10.9. The van der Waals surface area contributed by atoms with Crippen molar-refractivity contribution in [2.75, 3.05) is 0 Å². The predicted molar refractivity (Wildman–Crippen MR) is 141 cm³/mol. The molecule has 8 heteroatoms. The van der Waals surface area contributed by atoms with Gasteiger partial charge in [0.05, 0.1) is 16.8 Å². The zero-order valence-electron chi connectivity index (χ0n) is 19.6. The van der Waals surface area contributed by atoms with Crippen LogP contribution in [0.1, 0.15) is 40.3 Å². The molecular formula is C27H24N4O2S2. The number of rotatable bonds is 5. The van der Waals surface area contributed by atoms with Crippen molar-refractivity contribution in [2.45, 2.75) is 50.4 Å². The van der Waals surface area contributed by atoms with Gasteiger partial charge in [-0.15, -0.1) is 21.5 Å². The maximum absolute atomic E-state index is 14.0. The number of hydrogen-bond acceptors (Lipinski definition) is 7. The zero-order valence-corrected chi connectivity index (χ0v) is 21.2. The van der Waals surface area contributed by atoms with Crippen molar-refractivity contribution in [3.05, 3.63) is 86.3 Å². The van der Waals surface area contributed by atoms with Gasteiger partial charge >= 0.3 is 0 Å². The Morgan fingerprint density at radius 2 is 1.89 bits per heavy atom. The molecule has 1 aliphatic rings. The van der Waals surface area contributed by atoms with Crippen LogP contribution in [0, 0.1) is 13.8 Å². The SMILES string of the molecule is Cc1ccc(C)c(-n2c(SCc3nnc(-c4ccccc4)o3)nc3sc4c(c3c2=O)CCCC4)c1. The van der Waals surface area contributed by atoms with Crippen molar-refractivity contribution >= 4 is 33.3 Å². The molecule has 0 atom stereocenters. The molecule has 5 aromatic rings. The number of thioether (sulfide) groups is 1. The molecule has 0 bridgehead atoms. The number of nitrogens with zero attached hydrogens (tertiary/aromatic N) is 4. The van der Waals surface area contributed by atoms with Crippen molar-refractivity contribution < 1.29 is 4.42 Å². The van der Waals surface area contributed by atoms with Crippen molar-refractivity contribution in [2.24, 2.45) is 0 Å². The minimum absolute atomic E-state index is 0.0149. The minimum atomic E-state index is 0.0149. The predicted octanol–water partition coefficient (Wildman–Crippen LogP) is 6.29. The number of aromatic nitrogens is 4. The summed E-state index contributed by atoms with van der Waals surface area (Å²) in [7, 11) is 0. The Hall–Kier alpha value is -3.23. The highest BCUT2D eigenvalue weighted by molar-refractivity contribution is 7.98. The monoisotopic (exact) mass is 500 g/mol. The lowest BCUT2D eigenvalue weighted by Gasteiger charge is -2.15. The van der Waals surface area contributed by atoms with E-state index in [1.165, 1.54) is 28.6 Å². The van der Waals surface area contributed by atoms with Gasteiger partial charge in [-0.05, 0) is 74.4 Å². The third-order valence-electron chi connectivity index (χ3n) is 6.38. The molecule has 3 aromatic heterocycles. The number of hydrogen-bond donors (Lipinski definition) is 0. The number of fused-ring (bicyclic) bond motifs is 3. The molecule has 6 rings (SSSR count). The van der Waals surface area contributed by atoms with Crippen LogP contribution < -0.4 is 5.56 Å². The summed E-state index contributed by atoms with van der Waals surface area (Å²) in [6, 6.07) is 15.9. The van der Waals surface area contributed by atoms with Crippen molar-refractivity contribution in [3.63, 3.8) is 0 Å². The summed E-state index contributed by atoms with van der Waals surface area (Å²) in [6.45, 7) is 4.08. The van der Waals surface area contributed by atoms with E-state index in [0.29, 0.717) is 22.7 Å². The molecule has 0 aliphatic heterocycles. The highest BCUT2D eigenvalue weighted by atomic mass is 32.2. The summed E-state index contributed by atoms with van der Waals surface area (Å²) in [5.74, 6) is 1.41. The molecule has 0 amide bonds. The van der Waals surface area contributed by atoms with E-state index in [2.05, 4.69) is 28.4 Å². The number of thiophene rings is 1. The van der Waals surface area contributed by atoms with E-state index in [1.807, 2.05) is 44.2 Å². The maximum atomic E-state index is 14.0. The smallest absolute Gasteiger partial charge is 0.267 e. The Labute approximate surface area is 211 Å². The van der Waals surface area contributed by atoms with Crippen LogP contribution in [0.2, 0.25) is 0 Å². The Kier molecular flexibility index (Phi) is 5.78. The summed E-state index contributed by atoms with van der Waals surface area (Å²) < 4.78 is 7.69. The van der Waals surface area contributed by atoms with E-state index < -0.39 is 0 Å². The Morgan fingerprint density at radius 3 is 2.74 bits per heavy atom. The molecular weight excluding hydrogens is 476 g/mol. The third kappa shape index (κ3) is 4.10. The summed E-state index contributed by atoms with van der Waals surface area (Å²) >= 11 is 3.13. The summed E-state index contributed by atoms with van der Waals surface area (Å²) in [5, 5.41) is 9.87. The second-order valence-electron chi connectivity index (χ2n) is 8.87. The van der Waals surface area contributed by atoms with E-state index in [4.69, 9.17) is 9.40 Å². The Balaban J connectivity index is 1.44. The van der Waals surface area contributed by atoms with Crippen LogP contribution in [0.25, 0.3) is 27.4 Å². The molecule has 0 saturated heterocycles. The van der Waals surface area contributed by atoms with Crippen LogP contribution in [0.15, 0.2) is 62.9 Å². The lowest BCUT2D eigenvalue weighted by atomic mass is 9.97. The molecule has 3 heterocycles. The fourth-order valence-electron chi connectivity index (χ4n) is 4.59. The van der Waals surface area contributed by atoms with Gasteiger partial charge in [-0.3, -0.25) is 9.36 Å². The summed E-state index contributed by atoms with van der Waals surface area (Å²) in [4.78, 5) is 21.2. The molecule has 176 valence electrons. The van der Waals surface area contributed by atoms with E-state index in [-0.39, 0.29) is 5.56 Å². The van der Waals surface area contributed by atoms with Gasteiger partial charge in [-0.2, -0.15) is 0 Å². The lowest BCUT2D eigenvalue weighted by molar-refractivity contribution is 0.528. The van der Waals surface area contributed by atoms with Crippen LogP contribution in [0.3, 0.4) is 0 Å². The third-order valence-corrected chi connectivity index (χ3v) is 8.49. The van der Waals surface area contributed by atoms with Gasteiger partial charge in [-0.25, -0.2) is 4.98 Å². The molecule has 6 nitrogen and oxygen atoms in total. The minimum Gasteiger partial charge on any atom is -0.420 e. The molecule has 0 spiro atoms. The van der Waals surface area contributed by atoms with Crippen molar-refractivity contribution in [1.82, 2.24) is 19.7 Å². The van der Waals surface area contributed by atoms with Crippen LogP contribution in [-0.2, 0) is 18.6 Å². The van der Waals surface area contributed by atoms with Gasteiger partial charge in [0.1, 0.15) is 4.83 Å². The number of aryl methyl sites for hydroxylation is 4. The Morgan fingerprint density at radius 1 is 1.06 bits per heavy atom. The van der Waals surface area contributed by atoms with Gasteiger partial charge < -0.3 is 4.42 Å². The van der Waals surface area contributed by atoms with E-state index in [9.17, 15) is 4.79 Å². The largest absolute Gasteiger partial charge is 0.420 e. The highest BCUT2D eigenvalue weighted by Gasteiger charge is 2.24. The van der Waals surface area contributed by atoms with Crippen molar-refractivity contribution in [1.29, 1.82) is 0 Å². The summed E-state index contributed by atoms with van der Waals surface area (Å²) in [5.41, 5.74) is 5.11. The standard InChI is InChI=1S/C27H24N4O2S2/c1-16-12-13-17(2)20(14-16)31-26(32)23-19-10-6-7-11-21(19)35-25(23)28-27(31)34-15-22-29-30-24(33-22)18-8-4-3-5-9-18/h3-5,8-9,12-14H,6-7,10-11,15H2,1-2H3. The van der Waals surface area contributed by atoms with Crippen LogP contribution in [0.5, 0.6) is 0 Å². The first kappa shape index (κ1) is 22.2. The average molecular weight is 501 g/mol. The molecule has 2 aromatic carbocycles. The van der Waals surface area contributed by atoms with Crippen LogP contribution in [-0.4, -0.2) is 19.7 Å². The molecule has 1 aliphatic carbocycles. The van der Waals surface area contributed by atoms with Crippen molar-refractivity contribution in [3.8, 4) is 17.1 Å². The lowest BCUT2D eigenvalue weighted by Crippen LogP contribution is -2.23. The van der Waals surface area contributed by atoms with E-state index >= 15 is 0 Å². The zero-order chi connectivity index (χ0) is 23.9. The Bertz CT molecular complexity index is 1600. The molecule has 0 N–H and O–H groups in total. The van der Waals surface area contributed by atoms with Crippen LogP contribution in [0.4, 0.5) is 0 Å². The summed E-state index contributed by atoms with van der Waals surface area (Å²) in [6.07, 6.45) is 4.29. The molecule has 0 saturated carbocycles. The molecule has 35 heavy (non-hydrogen) atoms. The topological polar surface area (TPSA) is 73.8 Å². The van der Waals surface area contributed by atoms with Gasteiger partial charge in [0.15, 0.2) is 5.16 Å². The normalized spacial score (nSPS) is 13.3. The average Bonchev–Trinajstić information content (AvgIpc) is 3.50. The molecule has 0 radical (unpaired) electrons. The van der Waals surface area contributed by atoms with Gasteiger partial charge in [0.2, 0.25) is 11.8 Å². The fourth-order valence-corrected chi connectivity index (χ4v) is 6.74. The van der Waals surface area contributed by atoms with Gasteiger partial charge in [-0.1, -0.05) is 42.1 Å². The van der Waals surface area contributed by atoms with E-state index in [0.717, 1.165) is 51.9 Å². The van der Waals surface area contributed by atoms with Crippen LogP contribution >= 0.6 is 23.1 Å². The quantitative estimate of drug-likeness (QED) is 0.209. The molecule has 0 unspecified atom stereocenters. The van der Waals surface area contributed by atoms with Gasteiger partial charge in [0, 0.05) is 10.4 Å². The second kappa shape index (κ2) is 9.09. The van der Waals surface area contributed by atoms with E-state index in [1.54, 1.807) is 15.9 Å². The first-order valence-electron chi connectivity index (χ1n) is 11.7. The number of benzene rings is 2. The highest BCUT2D eigenvalue weighted by Crippen LogP contribution is 2.36. The maximum Gasteiger partial charge on any atom is 0.267 e. The fraction of sp³-hybridized carbons (Fsp3) is 0.259. The first-order chi connectivity index (χ1) is 17.1. The van der Waals surface area contributed by atoms with Gasteiger partial charge in [0.25, 0.3) is 5.56 Å².